The molecule has 0 saturated carbocycles. The van der Waals surface area contributed by atoms with Gasteiger partial charge in [-0.2, -0.15) is 5.01 Å². The molecular weight excluding hydrogens is 365 g/mol. The van der Waals surface area contributed by atoms with Crippen molar-refractivity contribution >= 4 is 41.0 Å². The molecule has 1 fully saturated rings. The van der Waals surface area contributed by atoms with E-state index in [0.717, 1.165) is 0 Å². The van der Waals surface area contributed by atoms with Gasteiger partial charge in [0.05, 0.1) is 10.0 Å². The lowest BCUT2D eigenvalue weighted by molar-refractivity contribution is -0.132. The molecule has 1 heterocycles. The highest BCUT2D eigenvalue weighted by Gasteiger charge is 2.50. The Morgan fingerprint density at radius 2 is 1.76 bits per heavy atom. The minimum Gasteiger partial charge on any atom is -0.318 e. The molecule has 1 aliphatic heterocycles. The van der Waals surface area contributed by atoms with Crippen LogP contribution < -0.4 is 10.7 Å². The zero-order chi connectivity index (χ0) is 18.2. The van der Waals surface area contributed by atoms with E-state index in [2.05, 4.69) is 10.7 Å². The highest BCUT2D eigenvalue weighted by molar-refractivity contribution is 6.42. The van der Waals surface area contributed by atoms with E-state index in [4.69, 9.17) is 23.2 Å². The van der Waals surface area contributed by atoms with Crippen molar-refractivity contribution in [3.05, 3.63) is 69.7 Å². The molecule has 0 bridgehead atoms. The average molecular weight is 378 g/mol. The fourth-order valence-corrected chi connectivity index (χ4v) is 2.81. The Morgan fingerprint density at radius 3 is 2.40 bits per heavy atom. The van der Waals surface area contributed by atoms with E-state index in [9.17, 15) is 14.4 Å². The number of nitrogens with zero attached hydrogens (tertiary/aromatic N) is 1. The number of hydrogen-bond donors (Lipinski definition) is 2. The first-order chi connectivity index (χ1) is 11.8. The van der Waals surface area contributed by atoms with Gasteiger partial charge in [-0.15, -0.1) is 0 Å². The third-order valence-corrected chi connectivity index (χ3v) is 4.68. The highest BCUT2D eigenvalue weighted by Crippen LogP contribution is 2.28. The molecule has 128 valence electrons. The fraction of sp³-hybridized carbons (Fsp3) is 0.118. The molecule has 1 aliphatic rings. The maximum absolute atomic E-state index is 12.7. The van der Waals surface area contributed by atoms with Crippen molar-refractivity contribution in [2.24, 2.45) is 0 Å². The van der Waals surface area contributed by atoms with Gasteiger partial charge in [-0.3, -0.25) is 15.0 Å². The summed E-state index contributed by atoms with van der Waals surface area (Å²) in [5.41, 5.74) is 1.82. The van der Waals surface area contributed by atoms with Crippen LogP contribution in [0.5, 0.6) is 0 Å². The van der Waals surface area contributed by atoms with Crippen molar-refractivity contribution < 1.29 is 14.4 Å². The summed E-state index contributed by atoms with van der Waals surface area (Å²) in [4.78, 5) is 37.2. The van der Waals surface area contributed by atoms with Crippen molar-refractivity contribution in [2.75, 3.05) is 0 Å². The quantitative estimate of drug-likeness (QED) is 0.806. The molecule has 0 aromatic heterocycles. The van der Waals surface area contributed by atoms with Gasteiger partial charge in [0.15, 0.2) is 0 Å². The summed E-state index contributed by atoms with van der Waals surface area (Å²) in [5.74, 6) is -1.24. The number of imide groups is 1. The Labute approximate surface area is 153 Å². The van der Waals surface area contributed by atoms with Gasteiger partial charge < -0.3 is 5.32 Å². The predicted octanol–water partition coefficient (Wildman–Crippen LogP) is 3.11. The molecule has 25 heavy (non-hydrogen) atoms. The third kappa shape index (κ3) is 3.06. The summed E-state index contributed by atoms with van der Waals surface area (Å²) in [6, 6.07) is 12.3. The molecule has 0 spiro atoms. The van der Waals surface area contributed by atoms with Crippen molar-refractivity contribution in [1.82, 2.24) is 15.8 Å². The van der Waals surface area contributed by atoms with Gasteiger partial charge in [0, 0.05) is 5.56 Å². The number of hydrogen-bond acceptors (Lipinski definition) is 3. The van der Waals surface area contributed by atoms with E-state index in [1.165, 1.54) is 18.2 Å². The van der Waals surface area contributed by atoms with Crippen molar-refractivity contribution in [3.63, 3.8) is 0 Å². The van der Waals surface area contributed by atoms with Gasteiger partial charge in [0.25, 0.3) is 11.8 Å². The molecule has 1 saturated heterocycles. The minimum absolute atomic E-state index is 0.170. The van der Waals surface area contributed by atoms with Crippen molar-refractivity contribution in [2.45, 2.75) is 12.5 Å². The minimum atomic E-state index is -1.26. The lowest BCUT2D eigenvalue weighted by Gasteiger charge is -2.22. The zero-order valence-electron chi connectivity index (χ0n) is 13.0. The summed E-state index contributed by atoms with van der Waals surface area (Å²) < 4.78 is 0. The van der Waals surface area contributed by atoms with Crippen LogP contribution in [0.25, 0.3) is 0 Å². The van der Waals surface area contributed by atoms with Gasteiger partial charge >= 0.3 is 6.03 Å². The first-order valence-corrected chi connectivity index (χ1v) is 8.07. The first kappa shape index (κ1) is 17.3. The lowest BCUT2D eigenvalue weighted by Crippen LogP contribution is -2.47. The number of halogens is 2. The van der Waals surface area contributed by atoms with Crippen LogP contribution in [0.4, 0.5) is 4.79 Å². The Hall–Kier alpha value is -2.57. The van der Waals surface area contributed by atoms with E-state index >= 15 is 0 Å². The van der Waals surface area contributed by atoms with Gasteiger partial charge in [-0.25, -0.2) is 4.79 Å². The molecular formula is C17H13Cl2N3O3. The summed E-state index contributed by atoms with van der Waals surface area (Å²) in [6.45, 7) is 1.58. The van der Waals surface area contributed by atoms with Crippen molar-refractivity contribution in [3.8, 4) is 0 Å². The second-order valence-electron chi connectivity index (χ2n) is 5.63. The Bertz CT molecular complexity index is 873. The second kappa shape index (κ2) is 6.38. The molecule has 2 aromatic carbocycles. The normalized spacial score (nSPS) is 19.7. The monoisotopic (exact) mass is 377 g/mol. The Kier molecular flexibility index (Phi) is 4.41. The van der Waals surface area contributed by atoms with Gasteiger partial charge in [-0.1, -0.05) is 53.5 Å². The van der Waals surface area contributed by atoms with E-state index < -0.39 is 23.4 Å². The van der Waals surface area contributed by atoms with Gasteiger partial charge in [-0.05, 0) is 30.7 Å². The van der Waals surface area contributed by atoms with Crippen LogP contribution in [0.2, 0.25) is 10.0 Å². The fourth-order valence-electron chi connectivity index (χ4n) is 2.51. The third-order valence-electron chi connectivity index (χ3n) is 3.94. The molecule has 1 unspecified atom stereocenters. The summed E-state index contributed by atoms with van der Waals surface area (Å²) in [6.07, 6.45) is 0. The smallest absolute Gasteiger partial charge is 0.318 e. The molecule has 0 radical (unpaired) electrons. The summed E-state index contributed by atoms with van der Waals surface area (Å²) >= 11 is 11.7. The van der Waals surface area contributed by atoms with E-state index in [1.807, 2.05) is 0 Å². The van der Waals surface area contributed by atoms with Crippen LogP contribution >= 0.6 is 23.2 Å². The van der Waals surface area contributed by atoms with Crippen LogP contribution in [-0.4, -0.2) is 22.9 Å². The molecule has 2 N–H and O–H groups in total. The van der Waals surface area contributed by atoms with Crippen LogP contribution in [-0.2, 0) is 10.3 Å². The molecule has 4 amide bonds. The van der Waals surface area contributed by atoms with Crippen LogP contribution in [0.1, 0.15) is 22.8 Å². The molecule has 2 aromatic rings. The van der Waals surface area contributed by atoms with Crippen molar-refractivity contribution in [1.29, 1.82) is 0 Å². The number of hydrazine groups is 1. The SMILES string of the molecule is CC1(c2ccccc2)NC(=O)N(NC(=O)c2ccc(Cl)c(Cl)c2)C1=O. The zero-order valence-corrected chi connectivity index (χ0v) is 14.6. The number of rotatable bonds is 3. The highest BCUT2D eigenvalue weighted by atomic mass is 35.5. The Balaban J connectivity index is 1.83. The Morgan fingerprint density at radius 1 is 1.08 bits per heavy atom. The number of nitrogens with one attached hydrogen (secondary N) is 2. The number of carbonyl (C=O) groups is 3. The maximum Gasteiger partial charge on any atom is 0.344 e. The lowest BCUT2D eigenvalue weighted by atomic mass is 9.92. The van der Waals surface area contributed by atoms with E-state index in [0.29, 0.717) is 15.6 Å². The number of carbonyl (C=O) groups excluding carboxylic acids is 3. The second-order valence-corrected chi connectivity index (χ2v) is 6.45. The number of urea groups is 1. The number of benzene rings is 2. The maximum atomic E-state index is 12.7. The van der Waals surface area contributed by atoms with E-state index in [1.54, 1.807) is 37.3 Å². The molecule has 1 atom stereocenters. The van der Waals surface area contributed by atoms with E-state index in [-0.39, 0.29) is 10.6 Å². The van der Waals surface area contributed by atoms with Gasteiger partial charge in [0.1, 0.15) is 5.54 Å². The summed E-state index contributed by atoms with van der Waals surface area (Å²) in [5, 5.41) is 3.76. The largest absolute Gasteiger partial charge is 0.344 e. The molecule has 0 aliphatic carbocycles. The summed E-state index contributed by atoms with van der Waals surface area (Å²) in [7, 11) is 0. The standard InChI is InChI=1S/C17H13Cl2N3O3/c1-17(11-5-3-2-4-6-11)15(24)22(16(25)20-17)21-14(23)10-7-8-12(18)13(19)9-10/h2-9H,1H3,(H,20,25)(H,21,23). The molecule has 8 heteroatoms. The molecule has 6 nitrogen and oxygen atoms in total. The topological polar surface area (TPSA) is 78.5 Å². The predicted molar refractivity (Wildman–Crippen MR) is 93.1 cm³/mol. The first-order valence-electron chi connectivity index (χ1n) is 7.31. The average Bonchev–Trinajstić information content (AvgIpc) is 2.82. The molecule has 3 rings (SSSR count). The van der Waals surface area contributed by atoms with Crippen LogP contribution in [0.15, 0.2) is 48.5 Å². The van der Waals surface area contributed by atoms with Crippen LogP contribution in [0, 0.1) is 0 Å². The van der Waals surface area contributed by atoms with Gasteiger partial charge in [0.2, 0.25) is 0 Å². The van der Waals surface area contributed by atoms with Crippen LogP contribution in [0.3, 0.4) is 0 Å². The number of amides is 4.